The summed E-state index contributed by atoms with van der Waals surface area (Å²) in [6, 6.07) is 5.63. The lowest BCUT2D eigenvalue weighted by molar-refractivity contribution is 0.0629. The molecule has 2 rings (SSSR count). The van der Waals surface area contributed by atoms with Crippen LogP contribution in [0.15, 0.2) is 18.2 Å². The zero-order valence-electron chi connectivity index (χ0n) is 13.3. The van der Waals surface area contributed by atoms with Gasteiger partial charge in [0.15, 0.2) is 0 Å². The predicted octanol–water partition coefficient (Wildman–Crippen LogP) is 3.32. The molecule has 4 heteroatoms. The number of hydrogen-bond donors (Lipinski definition) is 1. The zero-order chi connectivity index (χ0) is 15.4. The standard InChI is InChI=1S/C17H26N2O2/c1-4-21-16-10-9-13(11-14(16)18)17(20)19(3)15-8-6-5-7-12(15)2/h9-12,15H,4-8,18H2,1-3H3. The largest absolute Gasteiger partial charge is 0.492 e. The van der Waals surface area contributed by atoms with Gasteiger partial charge < -0.3 is 15.4 Å². The van der Waals surface area contributed by atoms with E-state index in [1.807, 2.05) is 18.9 Å². The van der Waals surface area contributed by atoms with Crippen molar-refractivity contribution in [2.24, 2.45) is 5.92 Å². The van der Waals surface area contributed by atoms with Crippen LogP contribution < -0.4 is 10.5 Å². The molecule has 0 aromatic heterocycles. The van der Waals surface area contributed by atoms with Gasteiger partial charge in [-0.3, -0.25) is 4.79 Å². The number of benzene rings is 1. The van der Waals surface area contributed by atoms with E-state index in [1.165, 1.54) is 19.3 Å². The Morgan fingerprint density at radius 1 is 1.38 bits per heavy atom. The number of carbonyl (C=O) groups is 1. The molecule has 2 unspecified atom stereocenters. The fourth-order valence-corrected chi connectivity index (χ4v) is 3.19. The monoisotopic (exact) mass is 290 g/mol. The Hall–Kier alpha value is -1.71. The average Bonchev–Trinajstić information content (AvgIpc) is 2.48. The minimum atomic E-state index is 0.0449. The lowest BCUT2D eigenvalue weighted by atomic mass is 9.85. The molecule has 4 nitrogen and oxygen atoms in total. The summed E-state index contributed by atoms with van der Waals surface area (Å²) in [6.07, 6.45) is 4.78. The maximum atomic E-state index is 12.6. The molecule has 1 aliphatic carbocycles. The van der Waals surface area contributed by atoms with Gasteiger partial charge >= 0.3 is 0 Å². The third-order valence-corrected chi connectivity index (χ3v) is 4.44. The van der Waals surface area contributed by atoms with E-state index in [4.69, 9.17) is 10.5 Å². The maximum Gasteiger partial charge on any atom is 0.253 e. The molecule has 1 aromatic rings. The molecule has 0 heterocycles. The summed E-state index contributed by atoms with van der Waals surface area (Å²) in [4.78, 5) is 14.5. The van der Waals surface area contributed by atoms with Gasteiger partial charge in [0, 0.05) is 18.7 Å². The van der Waals surface area contributed by atoms with Crippen molar-refractivity contribution in [1.82, 2.24) is 4.90 Å². The van der Waals surface area contributed by atoms with E-state index in [0.717, 1.165) is 6.42 Å². The number of nitrogens with two attached hydrogens (primary N) is 1. The summed E-state index contributed by atoms with van der Waals surface area (Å²) in [7, 11) is 1.90. The first-order chi connectivity index (χ1) is 10.0. The highest BCUT2D eigenvalue weighted by atomic mass is 16.5. The van der Waals surface area contributed by atoms with Gasteiger partial charge in [-0.05, 0) is 43.9 Å². The molecule has 1 aliphatic rings. The molecule has 2 N–H and O–H groups in total. The molecular weight excluding hydrogens is 264 g/mol. The molecule has 116 valence electrons. The number of nitrogens with zero attached hydrogens (tertiary/aromatic N) is 1. The predicted molar refractivity (Wildman–Crippen MR) is 85.5 cm³/mol. The van der Waals surface area contributed by atoms with Crippen LogP contribution in [0.5, 0.6) is 5.75 Å². The van der Waals surface area contributed by atoms with E-state index < -0.39 is 0 Å². The highest BCUT2D eigenvalue weighted by molar-refractivity contribution is 5.95. The van der Waals surface area contributed by atoms with Crippen molar-refractivity contribution in [3.05, 3.63) is 23.8 Å². The van der Waals surface area contributed by atoms with Crippen LogP contribution in [0.2, 0.25) is 0 Å². The Kier molecular flexibility index (Phi) is 5.10. The van der Waals surface area contributed by atoms with Gasteiger partial charge in [-0.1, -0.05) is 19.8 Å². The second-order valence-electron chi connectivity index (χ2n) is 5.93. The minimum Gasteiger partial charge on any atom is -0.492 e. The maximum absolute atomic E-state index is 12.6. The van der Waals surface area contributed by atoms with Gasteiger partial charge in [0.05, 0.1) is 12.3 Å². The third kappa shape index (κ3) is 3.49. The number of anilines is 1. The summed E-state index contributed by atoms with van der Waals surface area (Å²) in [5, 5.41) is 0. The van der Waals surface area contributed by atoms with Crippen molar-refractivity contribution in [3.63, 3.8) is 0 Å². The van der Waals surface area contributed by atoms with E-state index in [1.54, 1.807) is 18.2 Å². The lowest BCUT2D eigenvalue weighted by Crippen LogP contribution is -2.42. The van der Waals surface area contributed by atoms with E-state index in [-0.39, 0.29) is 5.91 Å². The summed E-state index contributed by atoms with van der Waals surface area (Å²) in [6.45, 7) is 4.72. The number of amides is 1. The molecular formula is C17H26N2O2. The van der Waals surface area contributed by atoms with Crippen molar-refractivity contribution in [1.29, 1.82) is 0 Å². The topological polar surface area (TPSA) is 55.6 Å². The molecule has 1 fully saturated rings. The molecule has 21 heavy (non-hydrogen) atoms. The van der Waals surface area contributed by atoms with Crippen LogP contribution in [-0.4, -0.2) is 30.5 Å². The zero-order valence-corrected chi connectivity index (χ0v) is 13.3. The second-order valence-corrected chi connectivity index (χ2v) is 5.93. The van der Waals surface area contributed by atoms with Crippen molar-refractivity contribution in [3.8, 4) is 5.75 Å². The Morgan fingerprint density at radius 2 is 2.10 bits per heavy atom. The lowest BCUT2D eigenvalue weighted by Gasteiger charge is -2.36. The quantitative estimate of drug-likeness (QED) is 0.865. The molecule has 1 amide bonds. The first kappa shape index (κ1) is 15.7. The van der Waals surface area contributed by atoms with Gasteiger partial charge in [0.1, 0.15) is 5.75 Å². The van der Waals surface area contributed by atoms with E-state index >= 15 is 0 Å². The Bertz CT molecular complexity index is 502. The molecule has 1 saturated carbocycles. The molecule has 2 atom stereocenters. The van der Waals surface area contributed by atoms with Crippen molar-refractivity contribution < 1.29 is 9.53 Å². The Labute approximate surface area is 127 Å². The number of ether oxygens (including phenoxy) is 1. The fraction of sp³-hybridized carbons (Fsp3) is 0.588. The van der Waals surface area contributed by atoms with Crippen molar-refractivity contribution in [2.45, 2.75) is 45.6 Å². The van der Waals surface area contributed by atoms with Gasteiger partial charge in [-0.2, -0.15) is 0 Å². The molecule has 0 aliphatic heterocycles. The number of carbonyl (C=O) groups excluding carboxylic acids is 1. The highest BCUT2D eigenvalue weighted by Crippen LogP contribution is 2.29. The van der Waals surface area contributed by atoms with Gasteiger partial charge in [0.2, 0.25) is 0 Å². The first-order valence-electron chi connectivity index (χ1n) is 7.84. The van der Waals surface area contributed by atoms with Crippen LogP contribution in [-0.2, 0) is 0 Å². The van der Waals surface area contributed by atoms with E-state index in [0.29, 0.717) is 35.6 Å². The van der Waals surface area contributed by atoms with Gasteiger partial charge in [-0.15, -0.1) is 0 Å². The average molecular weight is 290 g/mol. The van der Waals surface area contributed by atoms with E-state index in [2.05, 4.69) is 6.92 Å². The van der Waals surface area contributed by atoms with Crippen LogP contribution in [0.25, 0.3) is 0 Å². The van der Waals surface area contributed by atoms with Crippen molar-refractivity contribution >= 4 is 11.6 Å². The second kappa shape index (κ2) is 6.83. The van der Waals surface area contributed by atoms with Crippen molar-refractivity contribution in [2.75, 3.05) is 19.4 Å². The fourth-order valence-electron chi connectivity index (χ4n) is 3.19. The van der Waals surface area contributed by atoms with Gasteiger partial charge in [0.25, 0.3) is 5.91 Å². The summed E-state index contributed by atoms with van der Waals surface area (Å²) in [5.41, 5.74) is 7.11. The third-order valence-electron chi connectivity index (χ3n) is 4.44. The van der Waals surface area contributed by atoms with Crippen LogP contribution in [0, 0.1) is 5.92 Å². The Balaban J connectivity index is 2.13. The highest BCUT2D eigenvalue weighted by Gasteiger charge is 2.28. The number of hydrogen-bond acceptors (Lipinski definition) is 3. The summed E-state index contributed by atoms with van der Waals surface area (Å²) in [5.74, 6) is 1.25. The minimum absolute atomic E-state index is 0.0449. The van der Waals surface area contributed by atoms with Crippen LogP contribution in [0.4, 0.5) is 5.69 Å². The normalized spacial score (nSPS) is 21.9. The van der Waals surface area contributed by atoms with Crippen LogP contribution >= 0.6 is 0 Å². The smallest absolute Gasteiger partial charge is 0.253 e. The Morgan fingerprint density at radius 3 is 2.71 bits per heavy atom. The summed E-state index contributed by atoms with van der Waals surface area (Å²) < 4.78 is 5.42. The molecule has 0 bridgehead atoms. The molecule has 0 radical (unpaired) electrons. The number of nitrogen functional groups attached to an aromatic ring is 1. The van der Waals surface area contributed by atoms with Crippen LogP contribution in [0.1, 0.15) is 49.9 Å². The molecule has 0 saturated heterocycles. The molecule has 1 aromatic carbocycles. The first-order valence-corrected chi connectivity index (χ1v) is 7.84. The number of rotatable bonds is 4. The van der Waals surface area contributed by atoms with Gasteiger partial charge in [-0.25, -0.2) is 0 Å². The molecule has 0 spiro atoms. The van der Waals surface area contributed by atoms with Crippen LogP contribution in [0.3, 0.4) is 0 Å². The van der Waals surface area contributed by atoms with E-state index in [9.17, 15) is 4.79 Å². The summed E-state index contributed by atoms with van der Waals surface area (Å²) >= 11 is 0. The SMILES string of the molecule is CCOc1ccc(C(=O)N(C)C2CCCCC2C)cc1N.